The first-order valence-electron chi connectivity index (χ1n) is 3.96. The first-order chi connectivity index (χ1) is 5.77. The molecule has 0 aliphatic heterocycles. The molecule has 1 aromatic rings. The van der Waals surface area contributed by atoms with Crippen LogP contribution in [0.1, 0.15) is 12.8 Å². The number of rotatable bonds is 4. The van der Waals surface area contributed by atoms with Crippen molar-refractivity contribution in [3.63, 3.8) is 0 Å². The summed E-state index contributed by atoms with van der Waals surface area (Å²) in [6, 6.07) is 0.572. The van der Waals surface area contributed by atoms with Crippen molar-refractivity contribution in [3.8, 4) is 0 Å². The van der Waals surface area contributed by atoms with E-state index in [1.165, 1.54) is 0 Å². The van der Waals surface area contributed by atoms with Crippen LogP contribution in [0.25, 0.3) is 0 Å². The zero-order chi connectivity index (χ0) is 8.97. The van der Waals surface area contributed by atoms with Crippen molar-refractivity contribution in [2.45, 2.75) is 13.5 Å². The molecule has 0 saturated heterocycles. The van der Waals surface area contributed by atoms with Crippen LogP contribution in [0.4, 0.5) is 6.01 Å². The summed E-state index contributed by atoms with van der Waals surface area (Å²) >= 11 is 0. The second-order valence-electron chi connectivity index (χ2n) is 2.52. The van der Waals surface area contributed by atoms with E-state index in [2.05, 4.69) is 15.5 Å². The van der Waals surface area contributed by atoms with Gasteiger partial charge in [-0.25, -0.2) is 0 Å². The second kappa shape index (κ2) is 4.06. The standard InChI is InChI=1S/C7H14N4O/c1-4-11(3)7-10-9-6(12-7)5-8-2/h8H,4-5H2,1-3H3. The number of hydrogen-bond acceptors (Lipinski definition) is 5. The van der Waals surface area contributed by atoms with E-state index in [0.717, 1.165) is 6.54 Å². The van der Waals surface area contributed by atoms with Gasteiger partial charge in [-0.05, 0) is 14.0 Å². The molecule has 0 fully saturated rings. The van der Waals surface area contributed by atoms with Crippen LogP contribution in [0.2, 0.25) is 0 Å². The smallest absolute Gasteiger partial charge is 0.317 e. The molecule has 5 nitrogen and oxygen atoms in total. The maximum Gasteiger partial charge on any atom is 0.317 e. The van der Waals surface area contributed by atoms with Crippen molar-refractivity contribution in [1.82, 2.24) is 15.5 Å². The van der Waals surface area contributed by atoms with Gasteiger partial charge in [0.1, 0.15) is 0 Å². The average molecular weight is 170 g/mol. The van der Waals surface area contributed by atoms with E-state index < -0.39 is 0 Å². The highest BCUT2D eigenvalue weighted by Gasteiger charge is 2.07. The zero-order valence-electron chi connectivity index (χ0n) is 7.66. The van der Waals surface area contributed by atoms with Gasteiger partial charge < -0.3 is 14.6 Å². The molecule has 0 aliphatic carbocycles. The van der Waals surface area contributed by atoms with Crippen molar-refractivity contribution >= 4 is 6.01 Å². The monoisotopic (exact) mass is 170 g/mol. The molecule has 1 rings (SSSR count). The summed E-state index contributed by atoms with van der Waals surface area (Å²) in [4.78, 5) is 1.90. The highest BCUT2D eigenvalue weighted by Crippen LogP contribution is 2.08. The minimum Gasteiger partial charge on any atom is -0.407 e. The highest BCUT2D eigenvalue weighted by molar-refractivity contribution is 5.20. The van der Waals surface area contributed by atoms with E-state index in [-0.39, 0.29) is 0 Å². The van der Waals surface area contributed by atoms with E-state index in [1.807, 2.05) is 25.9 Å². The fourth-order valence-corrected chi connectivity index (χ4v) is 0.757. The molecule has 0 amide bonds. The molecular weight excluding hydrogens is 156 g/mol. The SMILES string of the molecule is CCN(C)c1nnc(CNC)o1. The summed E-state index contributed by atoms with van der Waals surface area (Å²) < 4.78 is 5.32. The van der Waals surface area contributed by atoms with Gasteiger partial charge in [0.05, 0.1) is 6.54 Å². The number of nitrogens with zero attached hydrogens (tertiary/aromatic N) is 3. The van der Waals surface area contributed by atoms with Crippen LogP contribution in [0.15, 0.2) is 4.42 Å². The topological polar surface area (TPSA) is 54.2 Å². The van der Waals surface area contributed by atoms with Gasteiger partial charge in [0, 0.05) is 13.6 Å². The Hall–Kier alpha value is -1.10. The third kappa shape index (κ3) is 1.94. The van der Waals surface area contributed by atoms with Crippen LogP contribution in [-0.4, -0.2) is 30.8 Å². The lowest BCUT2D eigenvalue weighted by Crippen LogP contribution is -2.15. The van der Waals surface area contributed by atoms with E-state index in [9.17, 15) is 0 Å². The molecule has 0 unspecified atom stereocenters. The van der Waals surface area contributed by atoms with E-state index >= 15 is 0 Å². The van der Waals surface area contributed by atoms with Gasteiger partial charge in [0.15, 0.2) is 0 Å². The Morgan fingerprint density at radius 2 is 2.25 bits per heavy atom. The number of anilines is 1. The van der Waals surface area contributed by atoms with Crippen LogP contribution < -0.4 is 10.2 Å². The first kappa shape index (κ1) is 8.99. The average Bonchev–Trinajstić information content (AvgIpc) is 2.52. The predicted octanol–water partition coefficient (Wildman–Crippen LogP) is 0.245. The molecule has 5 heteroatoms. The fraction of sp³-hybridized carbons (Fsp3) is 0.714. The summed E-state index contributed by atoms with van der Waals surface area (Å²) in [6.45, 7) is 3.51. The number of hydrogen-bond donors (Lipinski definition) is 1. The number of aromatic nitrogens is 2. The Bertz CT molecular complexity index is 235. The van der Waals surface area contributed by atoms with Crippen molar-refractivity contribution in [2.24, 2.45) is 0 Å². The quantitative estimate of drug-likeness (QED) is 0.701. The maximum absolute atomic E-state index is 5.32. The third-order valence-electron chi connectivity index (χ3n) is 1.59. The molecule has 0 aliphatic rings. The third-order valence-corrected chi connectivity index (χ3v) is 1.59. The molecule has 0 spiro atoms. The summed E-state index contributed by atoms with van der Waals surface area (Å²) in [5.74, 6) is 0.618. The fourth-order valence-electron chi connectivity index (χ4n) is 0.757. The minimum absolute atomic E-state index is 0.572. The molecule has 1 aromatic heterocycles. The van der Waals surface area contributed by atoms with Gasteiger partial charge in [-0.1, -0.05) is 5.10 Å². The van der Waals surface area contributed by atoms with Crippen LogP contribution in [0.3, 0.4) is 0 Å². The lowest BCUT2D eigenvalue weighted by molar-refractivity contribution is 0.477. The highest BCUT2D eigenvalue weighted by atomic mass is 16.4. The predicted molar refractivity (Wildman–Crippen MR) is 46.0 cm³/mol. The molecule has 68 valence electrons. The summed E-state index contributed by atoms with van der Waals surface area (Å²) in [5.41, 5.74) is 0. The summed E-state index contributed by atoms with van der Waals surface area (Å²) in [5, 5.41) is 10.7. The first-order valence-corrected chi connectivity index (χ1v) is 3.96. The lowest BCUT2D eigenvalue weighted by atomic mass is 10.6. The molecular formula is C7H14N4O. The molecule has 1 N–H and O–H groups in total. The Balaban J connectivity index is 2.63. The Labute approximate surface area is 71.8 Å². The van der Waals surface area contributed by atoms with Crippen LogP contribution in [0.5, 0.6) is 0 Å². The van der Waals surface area contributed by atoms with Gasteiger partial charge in [-0.15, -0.1) is 5.10 Å². The van der Waals surface area contributed by atoms with Crippen molar-refractivity contribution < 1.29 is 4.42 Å². The zero-order valence-corrected chi connectivity index (χ0v) is 7.66. The van der Waals surface area contributed by atoms with Gasteiger partial charge >= 0.3 is 6.01 Å². The summed E-state index contributed by atoms with van der Waals surface area (Å²) in [7, 11) is 3.75. The molecule has 12 heavy (non-hydrogen) atoms. The molecule has 0 aromatic carbocycles. The van der Waals surface area contributed by atoms with Crippen molar-refractivity contribution in [2.75, 3.05) is 25.5 Å². The molecule has 0 radical (unpaired) electrons. The van der Waals surface area contributed by atoms with E-state index in [0.29, 0.717) is 18.5 Å². The van der Waals surface area contributed by atoms with Gasteiger partial charge in [-0.2, -0.15) is 0 Å². The second-order valence-corrected chi connectivity index (χ2v) is 2.52. The molecule has 0 saturated carbocycles. The maximum atomic E-state index is 5.32. The van der Waals surface area contributed by atoms with Gasteiger partial charge in [0.25, 0.3) is 0 Å². The Morgan fingerprint density at radius 1 is 1.50 bits per heavy atom. The largest absolute Gasteiger partial charge is 0.407 e. The number of nitrogens with one attached hydrogen (secondary N) is 1. The van der Waals surface area contributed by atoms with Crippen molar-refractivity contribution in [1.29, 1.82) is 0 Å². The van der Waals surface area contributed by atoms with Gasteiger partial charge in [0.2, 0.25) is 5.89 Å². The van der Waals surface area contributed by atoms with E-state index in [4.69, 9.17) is 4.42 Å². The van der Waals surface area contributed by atoms with Crippen molar-refractivity contribution in [3.05, 3.63) is 5.89 Å². The van der Waals surface area contributed by atoms with Crippen LogP contribution >= 0.6 is 0 Å². The molecule has 1 heterocycles. The molecule has 0 atom stereocenters. The summed E-state index contributed by atoms with van der Waals surface area (Å²) in [6.07, 6.45) is 0. The van der Waals surface area contributed by atoms with Gasteiger partial charge in [-0.3, -0.25) is 0 Å². The van der Waals surface area contributed by atoms with E-state index in [1.54, 1.807) is 0 Å². The van der Waals surface area contributed by atoms with Crippen LogP contribution in [-0.2, 0) is 6.54 Å². The minimum atomic E-state index is 0.572. The Morgan fingerprint density at radius 3 is 2.83 bits per heavy atom. The molecule has 0 bridgehead atoms. The normalized spacial score (nSPS) is 10.2. The van der Waals surface area contributed by atoms with Crippen LogP contribution in [0, 0.1) is 0 Å². The Kier molecular flexibility index (Phi) is 3.04. The lowest BCUT2D eigenvalue weighted by Gasteiger charge is -2.08.